The molecule has 1 atom stereocenters. The van der Waals surface area contributed by atoms with Crippen molar-refractivity contribution in [3.63, 3.8) is 0 Å². The molecule has 0 N–H and O–H groups in total. The van der Waals surface area contributed by atoms with Crippen LogP contribution >= 0.6 is 11.6 Å². The first kappa shape index (κ1) is 23.0. The Morgan fingerprint density at radius 3 is 2.37 bits per heavy atom. The van der Waals surface area contributed by atoms with Gasteiger partial charge in [-0.15, -0.1) is 0 Å². The molecule has 35 heavy (non-hydrogen) atoms. The van der Waals surface area contributed by atoms with E-state index in [0.29, 0.717) is 34.7 Å². The lowest BCUT2D eigenvalue weighted by Gasteiger charge is -2.25. The van der Waals surface area contributed by atoms with Gasteiger partial charge in [0.15, 0.2) is 5.43 Å². The van der Waals surface area contributed by atoms with E-state index < -0.39 is 6.04 Å². The van der Waals surface area contributed by atoms with Gasteiger partial charge in [0.1, 0.15) is 17.1 Å². The van der Waals surface area contributed by atoms with Crippen molar-refractivity contribution in [3.05, 3.63) is 104 Å². The predicted octanol–water partition coefficient (Wildman–Crippen LogP) is 5.99. The molecule has 4 aromatic rings. The van der Waals surface area contributed by atoms with Gasteiger partial charge in [0, 0.05) is 11.6 Å². The molecule has 7 heteroatoms. The fourth-order valence-electron chi connectivity index (χ4n) is 4.40. The maximum Gasteiger partial charge on any atom is 0.291 e. The summed E-state index contributed by atoms with van der Waals surface area (Å²) in [7, 11) is 1.60. The Bertz CT molecular complexity index is 1440. The van der Waals surface area contributed by atoms with E-state index in [-0.39, 0.29) is 17.1 Å². The first-order valence-electron chi connectivity index (χ1n) is 11.4. The standard InChI is InChI=1S/C28H24ClNO5/c1-3-14-34-21-11-6-18(7-12-21)25-24-26(31)22-15-19(29)8-13-23(22)35-27(24)28(32)30(25)16-17-4-9-20(33-2)10-5-17/h4-13,15,25H,3,14,16H2,1-2H3. The molecule has 0 saturated heterocycles. The number of ether oxygens (including phenoxy) is 2. The van der Waals surface area contributed by atoms with Crippen molar-refractivity contribution >= 4 is 28.5 Å². The average Bonchev–Trinajstić information content (AvgIpc) is 3.15. The molecule has 0 fully saturated rings. The normalized spacial score (nSPS) is 14.9. The van der Waals surface area contributed by atoms with Crippen LogP contribution in [0.1, 0.15) is 46.6 Å². The zero-order chi connectivity index (χ0) is 24.5. The molecule has 1 amide bonds. The summed E-state index contributed by atoms with van der Waals surface area (Å²) in [5.41, 5.74) is 2.09. The molecule has 0 bridgehead atoms. The zero-order valence-electron chi connectivity index (χ0n) is 19.4. The smallest absolute Gasteiger partial charge is 0.291 e. The fourth-order valence-corrected chi connectivity index (χ4v) is 4.57. The van der Waals surface area contributed by atoms with Gasteiger partial charge in [0.25, 0.3) is 5.91 Å². The van der Waals surface area contributed by atoms with Crippen molar-refractivity contribution < 1.29 is 18.7 Å². The van der Waals surface area contributed by atoms with E-state index in [1.807, 2.05) is 55.5 Å². The summed E-state index contributed by atoms with van der Waals surface area (Å²) in [6.45, 7) is 2.95. The topological polar surface area (TPSA) is 69.0 Å². The largest absolute Gasteiger partial charge is 0.497 e. The minimum Gasteiger partial charge on any atom is -0.497 e. The maximum absolute atomic E-state index is 13.7. The van der Waals surface area contributed by atoms with E-state index in [1.54, 1.807) is 30.2 Å². The van der Waals surface area contributed by atoms with Crippen LogP contribution in [0.25, 0.3) is 11.0 Å². The second-order valence-electron chi connectivity index (χ2n) is 8.42. The fraction of sp³-hybridized carbons (Fsp3) is 0.214. The van der Waals surface area contributed by atoms with Gasteiger partial charge in [-0.05, 0) is 60.0 Å². The molecular weight excluding hydrogens is 466 g/mol. The second-order valence-corrected chi connectivity index (χ2v) is 8.85. The third kappa shape index (κ3) is 4.26. The number of fused-ring (bicyclic) bond motifs is 2. The number of rotatable bonds is 7. The summed E-state index contributed by atoms with van der Waals surface area (Å²) in [5, 5.41) is 0.779. The molecule has 0 saturated carbocycles. The first-order valence-corrected chi connectivity index (χ1v) is 11.8. The number of nitrogens with zero attached hydrogens (tertiary/aromatic N) is 1. The third-order valence-electron chi connectivity index (χ3n) is 6.11. The zero-order valence-corrected chi connectivity index (χ0v) is 20.2. The lowest BCUT2D eigenvalue weighted by Crippen LogP contribution is -2.29. The van der Waals surface area contributed by atoms with Crippen LogP contribution in [0.3, 0.4) is 0 Å². The van der Waals surface area contributed by atoms with E-state index in [0.717, 1.165) is 29.0 Å². The summed E-state index contributed by atoms with van der Waals surface area (Å²) >= 11 is 6.16. The van der Waals surface area contributed by atoms with Crippen LogP contribution in [0.5, 0.6) is 11.5 Å². The Hall–Kier alpha value is -3.77. The van der Waals surface area contributed by atoms with Crippen molar-refractivity contribution in [3.8, 4) is 11.5 Å². The molecule has 3 aromatic carbocycles. The lowest BCUT2D eigenvalue weighted by atomic mass is 9.98. The number of carbonyl (C=O) groups excluding carboxylic acids is 1. The Morgan fingerprint density at radius 2 is 1.69 bits per heavy atom. The highest BCUT2D eigenvalue weighted by Gasteiger charge is 2.42. The highest BCUT2D eigenvalue weighted by atomic mass is 35.5. The number of hydrogen-bond acceptors (Lipinski definition) is 5. The summed E-state index contributed by atoms with van der Waals surface area (Å²) in [5.74, 6) is 1.19. The van der Waals surface area contributed by atoms with Crippen LogP contribution in [0.15, 0.2) is 75.9 Å². The van der Waals surface area contributed by atoms with Crippen LogP contribution in [0.4, 0.5) is 0 Å². The van der Waals surface area contributed by atoms with Gasteiger partial charge in [-0.25, -0.2) is 0 Å². The number of hydrogen-bond donors (Lipinski definition) is 0. The number of benzene rings is 3. The molecule has 1 aliphatic rings. The minimum atomic E-state index is -0.612. The maximum atomic E-state index is 13.7. The molecule has 1 unspecified atom stereocenters. The van der Waals surface area contributed by atoms with Crippen LogP contribution < -0.4 is 14.9 Å². The van der Waals surface area contributed by atoms with Gasteiger partial charge >= 0.3 is 0 Å². The van der Waals surface area contributed by atoms with Crippen LogP contribution in [-0.4, -0.2) is 24.5 Å². The van der Waals surface area contributed by atoms with Gasteiger partial charge in [-0.1, -0.05) is 42.8 Å². The SMILES string of the molecule is CCCOc1ccc(C2c3c(oc4ccc(Cl)cc4c3=O)C(=O)N2Cc2ccc(OC)cc2)cc1. The molecule has 0 radical (unpaired) electrons. The third-order valence-corrected chi connectivity index (χ3v) is 6.34. The molecule has 1 aliphatic heterocycles. The number of amides is 1. The van der Waals surface area contributed by atoms with Crippen molar-refractivity contribution in [2.45, 2.75) is 25.9 Å². The summed E-state index contributed by atoms with van der Waals surface area (Å²) in [6.07, 6.45) is 0.901. The lowest BCUT2D eigenvalue weighted by molar-refractivity contribution is 0.0714. The van der Waals surface area contributed by atoms with Crippen molar-refractivity contribution in [2.75, 3.05) is 13.7 Å². The Kier molecular flexibility index (Phi) is 6.22. The van der Waals surface area contributed by atoms with Crippen molar-refractivity contribution in [1.82, 2.24) is 4.90 Å². The Labute approximate surface area is 207 Å². The molecule has 1 aromatic heterocycles. The minimum absolute atomic E-state index is 0.0645. The molecule has 2 heterocycles. The van der Waals surface area contributed by atoms with E-state index >= 15 is 0 Å². The van der Waals surface area contributed by atoms with E-state index in [4.69, 9.17) is 25.5 Å². The second kappa shape index (κ2) is 9.47. The van der Waals surface area contributed by atoms with E-state index in [1.165, 1.54) is 0 Å². The molecule has 178 valence electrons. The van der Waals surface area contributed by atoms with Crippen molar-refractivity contribution in [1.29, 1.82) is 0 Å². The average molecular weight is 490 g/mol. The quantitative estimate of drug-likeness (QED) is 0.319. The Balaban J connectivity index is 1.63. The van der Waals surface area contributed by atoms with Crippen LogP contribution in [-0.2, 0) is 6.54 Å². The van der Waals surface area contributed by atoms with Crippen molar-refractivity contribution in [2.24, 2.45) is 0 Å². The predicted molar refractivity (Wildman–Crippen MR) is 134 cm³/mol. The van der Waals surface area contributed by atoms with E-state index in [9.17, 15) is 9.59 Å². The van der Waals surface area contributed by atoms with Gasteiger partial charge in [-0.2, -0.15) is 0 Å². The molecule has 6 nitrogen and oxygen atoms in total. The number of methoxy groups -OCH3 is 1. The van der Waals surface area contributed by atoms with Crippen LogP contribution in [0.2, 0.25) is 5.02 Å². The molecule has 0 spiro atoms. The highest BCUT2D eigenvalue weighted by molar-refractivity contribution is 6.31. The molecule has 5 rings (SSSR count). The summed E-state index contributed by atoms with van der Waals surface area (Å²) in [6, 6.07) is 19.2. The van der Waals surface area contributed by atoms with Gasteiger partial charge in [-0.3, -0.25) is 9.59 Å². The number of carbonyl (C=O) groups is 1. The Morgan fingerprint density at radius 1 is 0.971 bits per heavy atom. The molecule has 0 aliphatic carbocycles. The summed E-state index contributed by atoms with van der Waals surface area (Å²) < 4.78 is 17.0. The van der Waals surface area contributed by atoms with Gasteiger partial charge in [0.2, 0.25) is 5.76 Å². The first-order chi connectivity index (χ1) is 17.0. The van der Waals surface area contributed by atoms with E-state index in [2.05, 4.69) is 0 Å². The summed E-state index contributed by atoms with van der Waals surface area (Å²) in [4.78, 5) is 28.9. The van der Waals surface area contributed by atoms with Crippen LogP contribution in [0, 0.1) is 0 Å². The van der Waals surface area contributed by atoms with Gasteiger partial charge < -0.3 is 18.8 Å². The van der Waals surface area contributed by atoms with Gasteiger partial charge in [0.05, 0.1) is 30.7 Å². The molecular formula is C28H24ClNO5. The highest BCUT2D eigenvalue weighted by Crippen LogP contribution is 2.40. The number of halogens is 1. The monoisotopic (exact) mass is 489 g/mol.